The van der Waals surface area contributed by atoms with Crippen LogP contribution in [0.1, 0.15) is 84.5 Å². The average Bonchev–Trinajstić information content (AvgIpc) is 2.40. The third kappa shape index (κ3) is 4.00. The molecule has 0 unspecified atom stereocenters. The van der Waals surface area contributed by atoms with Gasteiger partial charge >= 0.3 is 0 Å². The minimum absolute atomic E-state index is 1.07. The molecule has 100 valence electrons. The summed E-state index contributed by atoms with van der Waals surface area (Å²) in [5.74, 6) is 4.34. The van der Waals surface area contributed by atoms with Gasteiger partial charge in [0, 0.05) is 0 Å². The van der Waals surface area contributed by atoms with E-state index in [-0.39, 0.29) is 0 Å². The third-order valence-corrected chi connectivity index (χ3v) is 5.75. The summed E-state index contributed by atoms with van der Waals surface area (Å²) in [7, 11) is 0. The molecule has 2 saturated carbocycles. The first-order chi connectivity index (χ1) is 8.31. The topological polar surface area (TPSA) is 0 Å². The highest BCUT2D eigenvalue weighted by Gasteiger charge is 2.25. The largest absolute Gasteiger partial charge is 0.0651 e. The van der Waals surface area contributed by atoms with Gasteiger partial charge in [0.15, 0.2) is 0 Å². The number of hydrogen-bond donors (Lipinski definition) is 0. The van der Waals surface area contributed by atoms with Crippen LogP contribution in [0.4, 0.5) is 0 Å². The van der Waals surface area contributed by atoms with Crippen LogP contribution in [0, 0.1) is 23.7 Å². The molecule has 0 aliphatic heterocycles. The van der Waals surface area contributed by atoms with Crippen LogP contribution in [-0.2, 0) is 0 Å². The number of rotatable bonds is 4. The Bertz CT molecular complexity index is 170. The summed E-state index contributed by atoms with van der Waals surface area (Å²) in [4.78, 5) is 0. The van der Waals surface area contributed by atoms with Gasteiger partial charge in [-0.15, -0.1) is 0 Å². The van der Waals surface area contributed by atoms with Crippen LogP contribution >= 0.6 is 0 Å². The predicted octanol–water partition coefficient (Wildman–Crippen LogP) is 5.81. The van der Waals surface area contributed by atoms with Crippen LogP contribution in [0.25, 0.3) is 0 Å². The van der Waals surface area contributed by atoms with E-state index in [0.717, 1.165) is 23.7 Å². The highest BCUT2D eigenvalue weighted by atomic mass is 14.3. The van der Waals surface area contributed by atoms with E-state index in [1.54, 1.807) is 32.1 Å². The third-order valence-electron chi connectivity index (χ3n) is 5.75. The van der Waals surface area contributed by atoms with Crippen LogP contribution < -0.4 is 0 Å². The number of hydrogen-bond acceptors (Lipinski definition) is 0. The van der Waals surface area contributed by atoms with Gasteiger partial charge in [-0.25, -0.2) is 0 Å². The lowest BCUT2D eigenvalue weighted by Gasteiger charge is -2.33. The molecule has 0 heterocycles. The summed E-state index contributed by atoms with van der Waals surface area (Å²) in [6.45, 7) is 4.74. The fraction of sp³-hybridized carbons (Fsp3) is 1.00. The summed E-state index contributed by atoms with van der Waals surface area (Å²) in [5, 5.41) is 0. The maximum absolute atomic E-state index is 2.37. The zero-order chi connectivity index (χ0) is 12.1. The zero-order valence-corrected chi connectivity index (χ0v) is 12.1. The first-order valence-corrected chi connectivity index (χ1v) is 8.31. The molecule has 17 heavy (non-hydrogen) atoms. The van der Waals surface area contributed by atoms with Gasteiger partial charge in [0.2, 0.25) is 0 Å². The van der Waals surface area contributed by atoms with Crippen molar-refractivity contribution >= 4 is 0 Å². The molecule has 0 aromatic carbocycles. The van der Waals surface area contributed by atoms with Crippen molar-refractivity contribution in [2.75, 3.05) is 0 Å². The smallest absolute Gasteiger partial charge is 0.0411 e. The molecule has 0 bridgehead atoms. The van der Waals surface area contributed by atoms with Gasteiger partial charge < -0.3 is 0 Å². The van der Waals surface area contributed by atoms with Gasteiger partial charge in [0.25, 0.3) is 0 Å². The minimum atomic E-state index is 1.07. The fourth-order valence-corrected chi connectivity index (χ4v) is 4.22. The van der Waals surface area contributed by atoms with Crippen LogP contribution in [0.3, 0.4) is 0 Å². The van der Waals surface area contributed by atoms with E-state index in [1.165, 1.54) is 38.5 Å². The second kappa shape index (κ2) is 6.81. The lowest BCUT2D eigenvalue weighted by atomic mass is 9.72. The van der Waals surface area contributed by atoms with E-state index in [0.29, 0.717) is 0 Å². The second-order valence-corrected chi connectivity index (χ2v) is 6.83. The summed E-state index contributed by atoms with van der Waals surface area (Å²) in [5.41, 5.74) is 0. The molecule has 0 nitrogen and oxygen atoms in total. The molecule has 0 saturated heterocycles. The van der Waals surface area contributed by atoms with E-state index >= 15 is 0 Å². The van der Waals surface area contributed by atoms with Gasteiger partial charge in [0.05, 0.1) is 0 Å². The van der Waals surface area contributed by atoms with Crippen molar-refractivity contribution in [2.24, 2.45) is 23.7 Å². The van der Waals surface area contributed by atoms with Crippen molar-refractivity contribution in [1.82, 2.24) is 0 Å². The lowest BCUT2D eigenvalue weighted by molar-refractivity contribution is 0.188. The Labute approximate surface area is 109 Å². The monoisotopic (exact) mass is 236 g/mol. The molecule has 0 aromatic heterocycles. The molecule has 0 spiro atoms. The second-order valence-electron chi connectivity index (χ2n) is 6.83. The van der Waals surface area contributed by atoms with Crippen LogP contribution in [0.5, 0.6) is 0 Å². The standard InChI is InChI=1S/C17H32/c1-3-14-5-9-16(10-6-14)13-17-11-7-15(4-2)8-12-17/h14-17H,3-13H2,1-2H3. The van der Waals surface area contributed by atoms with Gasteiger partial charge in [-0.2, -0.15) is 0 Å². The van der Waals surface area contributed by atoms with Crippen molar-refractivity contribution in [3.05, 3.63) is 0 Å². The SMILES string of the molecule is CCC1CCC(CC2CCC(CC)CC2)CC1. The molecule has 2 fully saturated rings. The Morgan fingerprint density at radius 3 is 1.12 bits per heavy atom. The van der Waals surface area contributed by atoms with Gasteiger partial charge in [-0.3, -0.25) is 0 Å². The highest BCUT2D eigenvalue weighted by molar-refractivity contribution is 4.78. The molecule has 2 aliphatic rings. The minimum Gasteiger partial charge on any atom is -0.0651 e. The fourth-order valence-electron chi connectivity index (χ4n) is 4.22. The van der Waals surface area contributed by atoms with Gasteiger partial charge in [0.1, 0.15) is 0 Å². The summed E-state index contributed by atoms with van der Waals surface area (Å²) < 4.78 is 0. The quantitative estimate of drug-likeness (QED) is 0.578. The van der Waals surface area contributed by atoms with E-state index in [9.17, 15) is 0 Å². The van der Waals surface area contributed by atoms with Gasteiger partial charge in [-0.05, 0) is 30.1 Å². The maximum atomic E-state index is 2.37. The summed E-state index contributed by atoms with van der Waals surface area (Å²) in [6.07, 6.45) is 16.8. The zero-order valence-electron chi connectivity index (χ0n) is 12.1. The first-order valence-electron chi connectivity index (χ1n) is 8.31. The Morgan fingerprint density at radius 1 is 0.529 bits per heavy atom. The van der Waals surface area contributed by atoms with Crippen LogP contribution in [-0.4, -0.2) is 0 Å². The maximum Gasteiger partial charge on any atom is -0.0411 e. The normalized spacial score (nSPS) is 39.2. The summed E-state index contributed by atoms with van der Waals surface area (Å²) >= 11 is 0. The first kappa shape index (κ1) is 13.4. The molecular weight excluding hydrogens is 204 g/mol. The molecule has 0 N–H and O–H groups in total. The van der Waals surface area contributed by atoms with Crippen molar-refractivity contribution in [1.29, 1.82) is 0 Å². The van der Waals surface area contributed by atoms with E-state index in [1.807, 2.05) is 0 Å². The molecule has 0 atom stereocenters. The van der Waals surface area contributed by atoms with Crippen molar-refractivity contribution in [3.8, 4) is 0 Å². The van der Waals surface area contributed by atoms with Crippen molar-refractivity contribution in [3.63, 3.8) is 0 Å². The summed E-state index contributed by atoms with van der Waals surface area (Å²) in [6, 6.07) is 0. The molecule has 0 heteroatoms. The molecule has 0 aromatic rings. The molecule has 0 radical (unpaired) electrons. The van der Waals surface area contributed by atoms with Crippen molar-refractivity contribution in [2.45, 2.75) is 84.5 Å². The molecule has 2 aliphatic carbocycles. The van der Waals surface area contributed by atoms with E-state index < -0.39 is 0 Å². The lowest BCUT2D eigenvalue weighted by Crippen LogP contribution is -2.20. The Balaban J connectivity index is 1.65. The van der Waals surface area contributed by atoms with Crippen molar-refractivity contribution < 1.29 is 0 Å². The Kier molecular flexibility index (Phi) is 5.38. The molecule has 0 amide bonds. The predicted molar refractivity (Wildman–Crippen MR) is 76.1 cm³/mol. The Morgan fingerprint density at radius 2 is 0.824 bits per heavy atom. The van der Waals surface area contributed by atoms with E-state index in [4.69, 9.17) is 0 Å². The average molecular weight is 236 g/mol. The molecular formula is C17H32. The van der Waals surface area contributed by atoms with E-state index in [2.05, 4.69) is 13.8 Å². The Hall–Kier alpha value is 0. The van der Waals surface area contributed by atoms with Crippen LogP contribution in [0.15, 0.2) is 0 Å². The van der Waals surface area contributed by atoms with Crippen LogP contribution in [0.2, 0.25) is 0 Å². The van der Waals surface area contributed by atoms with Gasteiger partial charge in [-0.1, -0.05) is 78.1 Å². The highest BCUT2D eigenvalue weighted by Crippen LogP contribution is 2.39. The molecule has 2 rings (SSSR count).